The highest BCUT2D eigenvalue weighted by molar-refractivity contribution is 7.89. The number of nitrogens with one attached hydrogen (secondary N) is 1. The number of rotatable bonds is 5. The number of pyridine rings is 1. The quantitative estimate of drug-likeness (QED) is 0.723. The number of hydrogen-bond donors (Lipinski definition) is 1. The van der Waals surface area contributed by atoms with Crippen molar-refractivity contribution in [2.24, 2.45) is 13.0 Å². The molecule has 4 rings (SSSR count). The smallest absolute Gasteiger partial charge is 0.244 e. The van der Waals surface area contributed by atoms with Crippen LogP contribution in [0.4, 0.5) is 0 Å². The summed E-state index contributed by atoms with van der Waals surface area (Å²) in [5, 5.41) is 5.13. The molecule has 27 heavy (non-hydrogen) atoms. The molecule has 1 aromatic carbocycles. The van der Waals surface area contributed by atoms with Crippen molar-refractivity contribution in [3.63, 3.8) is 0 Å². The number of sulfonamides is 1. The van der Waals surface area contributed by atoms with Gasteiger partial charge in [-0.1, -0.05) is 18.2 Å². The lowest BCUT2D eigenvalue weighted by atomic mass is 9.93. The number of ether oxygens (including phenoxy) is 1. The maximum absolute atomic E-state index is 12.8. The van der Waals surface area contributed by atoms with Gasteiger partial charge in [-0.2, -0.15) is 5.10 Å². The molecule has 3 aromatic rings. The third-order valence-electron chi connectivity index (χ3n) is 5.21. The highest BCUT2D eigenvalue weighted by Gasteiger charge is 2.33. The number of fused-ring (bicyclic) bond motifs is 1. The van der Waals surface area contributed by atoms with Crippen LogP contribution in [-0.2, 0) is 28.2 Å². The molecule has 2 atom stereocenters. The normalized spacial score (nSPS) is 20.4. The van der Waals surface area contributed by atoms with E-state index in [-0.39, 0.29) is 16.9 Å². The van der Waals surface area contributed by atoms with Crippen molar-refractivity contribution in [2.45, 2.75) is 24.3 Å². The van der Waals surface area contributed by atoms with Gasteiger partial charge in [0.2, 0.25) is 10.0 Å². The Hall–Kier alpha value is -2.29. The highest BCUT2D eigenvalue weighted by atomic mass is 32.2. The van der Waals surface area contributed by atoms with Gasteiger partial charge in [0.15, 0.2) is 0 Å². The second-order valence-electron chi connectivity index (χ2n) is 6.93. The molecule has 8 heteroatoms. The monoisotopic (exact) mass is 386 g/mol. The Labute approximate surface area is 158 Å². The number of hydrogen-bond acceptors (Lipinski definition) is 5. The molecule has 0 bridgehead atoms. The van der Waals surface area contributed by atoms with Crippen molar-refractivity contribution < 1.29 is 13.2 Å². The number of nitrogens with zero attached hydrogens (tertiary/aromatic N) is 3. The standard InChI is InChI=1S/C19H22N4O3S/c1-13-19(10-21-23(13)2)27(24,25)22-18-12-26-11-15(18)9-14-7-8-20-17-6-4-3-5-16(14)17/h3-8,10,15,18,22H,9,11-12H2,1-2H3/t15-,18-/m1/s1. The second kappa shape index (κ2) is 7.03. The van der Waals surface area contributed by atoms with Crippen LogP contribution in [0.15, 0.2) is 47.6 Å². The minimum atomic E-state index is -3.65. The van der Waals surface area contributed by atoms with Gasteiger partial charge in [-0.15, -0.1) is 0 Å². The predicted octanol–water partition coefficient (Wildman–Crippen LogP) is 1.81. The summed E-state index contributed by atoms with van der Waals surface area (Å²) in [6.45, 7) is 2.63. The third kappa shape index (κ3) is 3.47. The topological polar surface area (TPSA) is 86.1 Å². The number of benzene rings is 1. The molecule has 1 aliphatic rings. The van der Waals surface area contributed by atoms with Gasteiger partial charge in [0.25, 0.3) is 0 Å². The van der Waals surface area contributed by atoms with E-state index in [0.717, 1.165) is 22.9 Å². The molecule has 142 valence electrons. The van der Waals surface area contributed by atoms with E-state index in [0.29, 0.717) is 18.9 Å². The van der Waals surface area contributed by atoms with Crippen LogP contribution in [0.25, 0.3) is 10.9 Å². The van der Waals surface area contributed by atoms with Gasteiger partial charge in [0, 0.05) is 24.5 Å². The van der Waals surface area contributed by atoms with Crippen molar-refractivity contribution >= 4 is 20.9 Å². The molecule has 0 aliphatic carbocycles. The van der Waals surface area contributed by atoms with Gasteiger partial charge in [0.05, 0.1) is 36.7 Å². The van der Waals surface area contributed by atoms with Crippen molar-refractivity contribution in [1.29, 1.82) is 0 Å². The Balaban J connectivity index is 1.57. The molecule has 0 amide bonds. The molecular weight excluding hydrogens is 364 g/mol. The average Bonchev–Trinajstić information content (AvgIpc) is 3.22. The SMILES string of the molecule is Cc1c(S(=O)(=O)N[C@@H]2COC[C@H]2Cc2ccnc3ccccc23)cnn1C. The molecule has 1 N–H and O–H groups in total. The molecule has 1 fully saturated rings. The molecule has 3 heterocycles. The van der Waals surface area contributed by atoms with Crippen molar-refractivity contribution in [2.75, 3.05) is 13.2 Å². The molecule has 2 aromatic heterocycles. The lowest BCUT2D eigenvalue weighted by Gasteiger charge is -2.19. The predicted molar refractivity (Wildman–Crippen MR) is 102 cm³/mol. The van der Waals surface area contributed by atoms with Crippen molar-refractivity contribution in [3.8, 4) is 0 Å². The van der Waals surface area contributed by atoms with Gasteiger partial charge in [-0.25, -0.2) is 13.1 Å². The summed E-state index contributed by atoms with van der Waals surface area (Å²) < 4.78 is 35.6. The maximum Gasteiger partial charge on any atom is 0.244 e. The minimum absolute atomic E-state index is 0.0579. The summed E-state index contributed by atoms with van der Waals surface area (Å²) in [7, 11) is -1.92. The van der Waals surface area contributed by atoms with Crippen LogP contribution in [0.2, 0.25) is 0 Å². The first kappa shape index (κ1) is 18.1. The molecule has 1 saturated heterocycles. The first-order valence-electron chi connectivity index (χ1n) is 8.87. The molecule has 1 aliphatic heterocycles. The highest BCUT2D eigenvalue weighted by Crippen LogP contribution is 2.25. The fraction of sp³-hybridized carbons (Fsp3) is 0.368. The molecule has 0 saturated carbocycles. The first-order valence-corrected chi connectivity index (χ1v) is 10.4. The molecule has 0 spiro atoms. The Morgan fingerprint density at radius 1 is 1.26 bits per heavy atom. The maximum atomic E-state index is 12.8. The van der Waals surface area contributed by atoms with E-state index in [9.17, 15) is 8.42 Å². The van der Waals surface area contributed by atoms with Crippen LogP contribution < -0.4 is 4.72 Å². The van der Waals surface area contributed by atoms with E-state index in [1.165, 1.54) is 6.20 Å². The Kier molecular flexibility index (Phi) is 4.71. The fourth-order valence-corrected chi connectivity index (χ4v) is 5.04. The van der Waals surface area contributed by atoms with Crippen LogP contribution in [0.3, 0.4) is 0 Å². The summed E-state index contributed by atoms with van der Waals surface area (Å²) in [5.41, 5.74) is 2.70. The van der Waals surface area contributed by atoms with Gasteiger partial charge in [-0.3, -0.25) is 9.67 Å². The van der Waals surface area contributed by atoms with Crippen molar-refractivity contribution in [1.82, 2.24) is 19.5 Å². The van der Waals surface area contributed by atoms with E-state index < -0.39 is 10.0 Å². The molecule has 0 unspecified atom stereocenters. The van der Waals surface area contributed by atoms with E-state index >= 15 is 0 Å². The summed E-state index contributed by atoms with van der Waals surface area (Å²) in [4.78, 5) is 4.61. The second-order valence-corrected chi connectivity index (χ2v) is 8.62. The van der Waals surface area contributed by atoms with Crippen molar-refractivity contribution in [3.05, 3.63) is 54.0 Å². The molecular formula is C19H22N4O3S. The minimum Gasteiger partial charge on any atom is -0.379 e. The van der Waals surface area contributed by atoms with Crippen LogP contribution in [0.5, 0.6) is 0 Å². The number of aryl methyl sites for hydroxylation is 1. The fourth-order valence-electron chi connectivity index (χ4n) is 3.55. The van der Waals surface area contributed by atoms with E-state index in [2.05, 4.69) is 14.8 Å². The summed E-state index contributed by atoms with van der Waals surface area (Å²) in [5.74, 6) is 0.0579. The molecule has 7 nitrogen and oxygen atoms in total. The van der Waals surface area contributed by atoms with Crippen LogP contribution in [0, 0.1) is 12.8 Å². The Morgan fingerprint density at radius 2 is 2.07 bits per heavy atom. The Morgan fingerprint density at radius 3 is 2.85 bits per heavy atom. The van der Waals surface area contributed by atoms with Crippen LogP contribution in [-0.4, -0.2) is 42.4 Å². The van der Waals surface area contributed by atoms with Crippen LogP contribution in [0.1, 0.15) is 11.3 Å². The number of aromatic nitrogens is 3. The van der Waals surface area contributed by atoms with Gasteiger partial charge in [0.1, 0.15) is 4.90 Å². The summed E-state index contributed by atoms with van der Waals surface area (Å²) in [6.07, 6.45) is 3.91. The zero-order chi connectivity index (χ0) is 19.0. The van der Waals surface area contributed by atoms with E-state index in [1.807, 2.05) is 30.3 Å². The third-order valence-corrected chi connectivity index (χ3v) is 6.80. The van der Waals surface area contributed by atoms with Gasteiger partial charge >= 0.3 is 0 Å². The van der Waals surface area contributed by atoms with E-state index in [1.54, 1.807) is 24.9 Å². The van der Waals surface area contributed by atoms with Gasteiger partial charge < -0.3 is 4.74 Å². The lowest BCUT2D eigenvalue weighted by molar-refractivity contribution is 0.183. The zero-order valence-electron chi connectivity index (χ0n) is 15.3. The van der Waals surface area contributed by atoms with E-state index in [4.69, 9.17) is 4.74 Å². The Bertz CT molecular complexity index is 1070. The van der Waals surface area contributed by atoms with Gasteiger partial charge in [-0.05, 0) is 31.0 Å². The van der Waals surface area contributed by atoms with Crippen LogP contribution >= 0.6 is 0 Å². The first-order chi connectivity index (χ1) is 13.0. The largest absolute Gasteiger partial charge is 0.379 e. The summed E-state index contributed by atoms with van der Waals surface area (Å²) in [6, 6.07) is 9.70. The zero-order valence-corrected chi connectivity index (χ0v) is 16.1. The summed E-state index contributed by atoms with van der Waals surface area (Å²) >= 11 is 0. The lowest BCUT2D eigenvalue weighted by Crippen LogP contribution is -2.40. The molecule has 0 radical (unpaired) electrons. The average molecular weight is 386 g/mol. The number of para-hydroxylation sites is 1.